The Morgan fingerprint density at radius 1 is 0.914 bits per heavy atom. The second-order valence-electron chi connectivity index (χ2n) is 11.8. The molecule has 7 nitrogen and oxygen atoms in total. The van der Waals surface area contributed by atoms with E-state index in [9.17, 15) is 9.59 Å². The van der Waals surface area contributed by atoms with Crippen LogP contribution in [-0.2, 0) is 16.1 Å². The van der Waals surface area contributed by atoms with E-state index >= 15 is 0 Å². The maximum absolute atomic E-state index is 12.5. The lowest BCUT2D eigenvalue weighted by atomic mass is 9.72. The molecule has 0 N–H and O–H groups in total. The molecule has 3 aliphatic rings. The van der Waals surface area contributed by atoms with Gasteiger partial charge in [-0.2, -0.15) is 0 Å². The first-order valence-corrected chi connectivity index (χ1v) is 13.4. The molecule has 35 heavy (non-hydrogen) atoms. The van der Waals surface area contributed by atoms with Crippen molar-refractivity contribution >= 4 is 12.2 Å². The van der Waals surface area contributed by atoms with Crippen molar-refractivity contribution in [2.24, 2.45) is 11.3 Å². The van der Waals surface area contributed by atoms with Gasteiger partial charge in [0.25, 0.3) is 0 Å². The van der Waals surface area contributed by atoms with Crippen molar-refractivity contribution in [1.82, 2.24) is 14.7 Å². The lowest BCUT2D eigenvalue weighted by Gasteiger charge is -2.48. The van der Waals surface area contributed by atoms with E-state index in [2.05, 4.69) is 4.90 Å². The van der Waals surface area contributed by atoms with Gasteiger partial charge >= 0.3 is 12.2 Å². The van der Waals surface area contributed by atoms with Crippen LogP contribution in [0, 0.1) is 11.3 Å². The van der Waals surface area contributed by atoms with Gasteiger partial charge in [0.05, 0.1) is 0 Å². The van der Waals surface area contributed by atoms with Gasteiger partial charge in [0.2, 0.25) is 0 Å². The Morgan fingerprint density at radius 3 is 2.23 bits per heavy atom. The van der Waals surface area contributed by atoms with Crippen LogP contribution in [0.1, 0.15) is 64.9 Å². The number of piperidine rings is 3. The quantitative estimate of drug-likeness (QED) is 0.590. The van der Waals surface area contributed by atoms with Gasteiger partial charge in [-0.05, 0) is 82.7 Å². The Bertz CT molecular complexity index is 838. The zero-order valence-electron chi connectivity index (χ0n) is 21.8. The molecule has 0 saturated carbocycles. The molecule has 2 amide bonds. The van der Waals surface area contributed by atoms with Crippen molar-refractivity contribution in [3.05, 3.63) is 35.9 Å². The summed E-state index contributed by atoms with van der Waals surface area (Å²) in [5.74, 6) is 0.630. The van der Waals surface area contributed by atoms with Crippen LogP contribution in [0.5, 0.6) is 0 Å². The first-order chi connectivity index (χ1) is 16.7. The first-order valence-electron chi connectivity index (χ1n) is 13.4. The Hall–Kier alpha value is -2.28. The molecule has 0 radical (unpaired) electrons. The van der Waals surface area contributed by atoms with Crippen molar-refractivity contribution in [3.8, 4) is 0 Å². The van der Waals surface area contributed by atoms with Gasteiger partial charge < -0.3 is 24.2 Å². The van der Waals surface area contributed by atoms with Crippen LogP contribution >= 0.6 is 0 Å². The number of carbonyl (C=O) groups is 2. The first kappa shape index (κ1) is 25.8. The molecule has 3 saturated heterocycles. The van der Waals surface area contributed by atoms with Crippen LogP contribution in [0.4, 0.5) is 9.59 Å². The highest BCUT2D eigenvalue weighted by Crippen LogP contribution is 2.40. The van der Waals surface area contributed by atoms with Crippen LogP contribution in [0.3, 0.4) is 0 Å². The lowest BCUT2D eigenvalue weighted by Crippen LogP contribution is -2.52. The summed E-state index contributed by atoms with van der Waals surface area (Å²) in [6.07, 6.45) is 6.33. The number of hydrogen-bond donors (Lipinski definition) is 0. The molecule has 3 fully saturated rings. The molecular weight excluding hydrogens is 442 g/mol. The van der Waals surface area contributed by atoms with Crippen LogP contribution in [-0.4, -0.2) is 78.3 Å². The van der Waals surface area contributed by atoms with Gasteiger partial charge in [-0.1, -0.05) is 30.3 Å². The van der Waals surface area contributed by atoms with Gasteiger partial charge in [-0.15, -0.1) is 0 Å². The van der Waals surface area contributed by atoms with Crippen molar-refractivity contribution < 1.29 is 19.1 Å². The Labute approximate surface area is 210 Å². The third kappa shape index (κ3) is 7.35. The number of nitrogens with zero attached hydrogens (tertiary/aromatic N) is 3. The largest absolute Gasteiger partial charge is 0.445 e. The summed E-state index contributed by atoms with van der Waals surface area (Å²) in [5.41, 5.74) is 0.910. The van der Waals surface area contributed by atoms with Gasteiger partial charge in [0.15, 0.2) is 0 Å². The van der Waals surface area contributed by atoms with Gasteiger partial charge in [0.1, 0.15) is 12.2 Å². The van der Waals surface area contributed by atoms with Crippen LogP contribution < -0.4 is 0 Å². The summed E-state index contributed by atoms with van der Waals surface area (Å²) in [7, 11) is 0. The molecule has 4 rings (SSSR count). The van der Waals surface area contributed by atoms with E-state index in [0.717, 1.165) is 77.1 Å². The molecule has 3 aliphatic heterocycles. The zero-order chi connectivity index (χ0) is 24.9. The number of rotatable bonds is 4. The predicted molar refractivity (Wildman–Crippen MR) is 136 cm³/mol. The molecule has 0 bridgehead atoms. The molecule has 194 valence electrons. The molecule has 0 aromatic heterocycles. The maximum Gasteiger partial charge on any atom is 0.410 e. The second kappa shape index (κ2) is 11.2. The Kier molecular flexibility index (Phi) is 8.25. The molecule has 0 aliphatic carbocycles. The molecule has 1 spiro atoms. The molecule has 7 heteroatoms. The minimum Gasteiger partial charge on any atom is -0.445 e. The highest BCUT2D eigenvalue weighted by Gasteiger charge is 2.40. The van der Waals surface area contributed by atoms with E-state index in [1.807, 2.05) is 60.9 Å². The van der Waals surface area contributed by atoms with E-state index < -0.39 is 5.60 Å². The molecular formula is C28H43N3O4. The van der Waals surface area contributed by atoms with Crippen molar-refractivity contribution in [3.63, 3.8) is 0 Å². The Morgan fingerprint density at radius 2 is 1.57 bits per heavy atom. The Balaban J connectivity index is 1.18. The summed E-state index contributed by atoms with van der Waals surface area (Å²) in [4.78, 5) is 31.3. The van der Waals surface area contributed by atoms with E-state index in [-0.39, 0.29) is 12.2 Å². The smallest absolute Gasteiger partial charge is 0.410 e. The summed E-state index contributed by atoms with van der Waals surface area (Å²) >= 11 is 0. The monoisotopic (exact) mass is 485 g/mol. The summed E-state index contributed by atoms with van der Waals surface area (Å²) in [6.45, 7) is 12.7. The van der Waals surface area contributed by atoms with Gasteiger partial charge in [-0.3, -0.25) is 0 Å². The van der Waals surface area contributed by atoms with Crippen molar-refractivity contribution in [2.75, 3.05) is 45.8 Å². The van der Waals surface area contributed by atoms with E-state index in [0.29, 0.717) is 17.9 Å². The fraction of sp³-hybridized carbons (Fsp3) is 0.714. The third-order valence-corrected chi connectivity index (χ3v) is 7.81. The topological polar surface area (TPSA) is 62.3 Å². The average Bonchev–Trinajstić information content (AvgIpc) is 2.83. The third-order valence-electron chi connectivity index (χ3n) is 7.81. The summed E-state index contributed by atoms with van der Waals surface area (Å²) in [6, 6.07) is 9.85. The highest BCUT2D eigenvalue weighted by atomic mass is 16.6. The number of benzene rings is 1. The molecule has 0 atom stereocenters. The van der Waals surface area contributed by atoms with Gasteiger partial charge in [0, 0.05) is 39.3 Å². The number of likely N-dealkylation sites (tertiary alicyclic amines) is 3. The maximum atomic E-state index is 12.5. The van der Waals surface area contributed by atoms with E-state index in [1.54, 1.807) is 0 Å². The molecule has 1 aromatic rings. The lowest BCUT2D eigenvalue weighted by molar-refractivity contribution is -0.00978. The van der Waals surface area contributed by atoms with E-state index in [1.165, 1.54) is 12.8 Å². The van der Waals surface area contributed by atoms with E-state index in [4.69, 9.17) is 9.47 Å². The second-order valence-corrected chi connectivity index (χ2v) is 11.8. The van der Waals surface area contributed by atoms with Crippen molar-refractivity contribution in [2.45, 2.75) is 71.5 Å². The molecule has 3 heterocycles. The number of amides is 2. The average molecular weight is 486 g/mol. The summed E-state index contributed by atoms with van der Waals surface area (Å²) in [5, 5.41) is 0. The molecule has 1 aromatic carbocycles. The number of hydrogen-bond acceptors (Lipinski definition) is 5. The van der Waals surface area contributed by atoms with Crippen LogP contribution in [0.25, 0.3) is 0 Å². The standard InChI is InChI=1S/C28H43N3O4/c1-27(2,3)35-26(33)31-18-13-28(14-19-31)12-7-15-29(22-28)20-23-10-16-30(17-11-23)25(32)34-21-24-8-5-4-6-9-24/h4-6,8-9,23H,7,10-22H2,1-3H3. The zero-order valence-corrected chi connectivity index (χ0v) is 21.8. The van der Waals surface area contributed by atoms with Gasteiger partial charge in [-0.25, -0.2) is 9.59 Å². The highest BCUT2D eigenvalue weighted by molar-refractivity contribution is 5.68. The van der Waals surface area contributed by atoms with Crippen molar-refractivity contribution in [1.29, 1.82) is 0 Å². The normalized spacial score (nSPS) is 21.7. The predicted octanol–water partition coefficient (Wildman–Crippen LogP) is 5.15. The molecule has 0 unspecified atom stereocenters. The number of ether oxygens (including phenoxy) is 2. The van der Waals surface area contributed by atoms with Crippen LogP contribution in [0.15, 0.2) is 30.3 Å². The minimum atomic E-state index is -0.442. The fourth-order valence-corrected chi connectivity index (χ4v) is 5.84. The SMILES string of the molecule is CC(C)(C)OC(=O)N1CCC2(CCCN(CC3CCN(C(=O)OCc4ccccc4)CC3)C2)CC1. The fourth-order valence-electron chi connectivity index (χ4n) is 5.84. The summed E-state index contributed by atoms with van der Waals surface area (Å²) < 4.78 is 11.1. The van der Waals surface area contributed by atoms with Crippen LogP contribution in [0.2, 0.25) is 0 Å². The minimum absolute atomic E-state index is 0.172. The number of carbonyl (C=O) groups excluding carboxylic acids is 2.